The predicted octanol–water partition coefficient (Wildman–Crippen LogP) is 1.07. The number of rotatable bonds is 3. The minimum atomic E-state index is 0.607. The highest BCUT2D eigenvalue weighted by Gasteiger charge is 2.26. The van der Waals surface area contributed by atoms with E-state index in [-0.39, 0.29) is 0 Å². The number of nitrogens with one attached hydrogen (secondary N) is 1. The Morgan fingerprint density at radius 3 is 2.67 bits per heavy atom. The molecule has 0 amide bonds. The molecule has 2 heterocycles. The molecule has 0 unspecified atom stereocenters. The maximum absolute atomic E-state index is 4.33. The van der Waals surface area contributed by atoms with Crippen LogP contribution in [-0.4, -0.2) is 27.9 Å². The molecule has 0 aromatic carbocycles. The second-order valence-electron chi connectivity index (χ2n) is 4.85. The van der Waals surface area contributed by atoms with E-state index in [1.807, 2.05) is 0 Å². The molecule has 2 aliphatic rings. The Labute approximate surface area is 90.1 Å². The van der Waals surface area contributed by atoms with E-state index in [1.165, 1.54) is 25.1 Å². The fraction of sp³-hybridized carbons (Fsp3) is 0.818. The fourth-order valence-electron chi connectivity index (χ4n) is 2.44. The van der Waals surface area contributed by atoms with Crippen molar-refractivity contribution >= 4 is 0 Å². The van der Waals surface area contributed by atoms with Gasteiger partial charge in [0.25, 0.3) is 0 Å². The van der Waals surface area contributed by atoms with Crippen molar-refractivity contribution in [3.8, 4) is 0 Å². The molecule has 1 aromatic heterocycles. The lowest BCUT2D eigenvalue weighted by atomic mass is 9.83. The van der Waals surface area contributed by atoms with Crippen LogP contribution in [0.25, 0.3) is 0 Å². The molecule has 0 bridgehead atoms. The molecule has 1 aliphatic heterocycles. The highest BCUT2D eigenvalue weighted by molar-refractivity contribution is 5.02. The van der Waals surface area contributed by atoms with Gasteiger partial charge in [-0.25, -0.2) is 0 Å². The van der Waals surface area contributed by atoms with E-state index in [4.69, 9.17) is 0 Å². The molecular weight excluding hydrogens is 188 g/mol. The lowest BCUT2D eigenvalue weighted by Gasteiger charge is -2.32. The van der Waals surface area contributed by atoms with E-state index in [0.717, 1.165) is 31.3 Å². The van der Waals surface area contributed by atoms with E-state index >= 15 is 0 Å². The molecule has 0 radical (unpaired) electrons. The molecule has 2 fully saturated rings. The van der Waals surface area contributed by atoms with Crippen LogP contribution in [0.15, 0.2) is 0 Å². The summed E-state index contributed by atoms with van der Waals surface area (Å²) in [7, 11) is 0. The number of nitrogens with zero attached hydrogens (tertiary/aromatic N) is 3. The molecule has 1 saturated heterocycles. The van der Waals surface area contributed by atoms with Crippen LogP contribution in [0.1, 0.15) is 37.0 Å². The number of aryl methyl sites for hydroxylation is 1. The van der Waals surface area contributed by atoms with Gasteiger partial charge >= 0.3 is 0 Å². The summed E-state index contributed by atoms with van der Waals surface area (Å²) >= 11 is 0. The monoisotopic (exact) mass is 206 g/mol. The third kappa shape index (κ3) is 1.57. The minimum Gasteiger partial charge on any atom is -0.313 e. The molecule has 1 aromatic rings. The maximum Gasteiger partial charge on any atom is 0.133 e. The number of aromatic nitrogens is 3. The summed E-state index contributed by atoms with van der Waals surface area (Å²) in [5.74, 6) is 3.17. The van der Waals surface area contributed by atoms with E-state index in [1.54, 1.807) is 0 Å². The van der Waals surface area contributed by atoms with Gasteiger partial charge in [0.05, 0.1) is 6.04 Å². The second-order valence-corrected chi connectivity index (χ2v) is 4.85. The Morgan fingerprint density at radius 1 is 1.33 bits per heavy atom. The van der Waals surface area contributed by atoms with Gasteiger partial charge in [-0.3, -0.25) is 0 Å². The molecule has 4 heteroatoms. The van der Waals surface area contributed by atoms with E-state index in [9.17, 15) is 0 Å². The van der Waals surface area contributed by atoms with Gasteiger partial charge in [-0.1, -0.05) is 19.3 Å². The van der Waals surface area contributed by atoms with Gasteiger partial charge in [0.1, 0.15) is 11.6 Å². The number of hydrogen-bond acceptors (Lipinski definition) is 3. The normalized spacial score (nSPS) is 22.5. The summed E-state index contributed by atoms with van der Waals surface area (Å²) in [6, 6.07) is 0.607. The Bertz CT molecular complexity index is 349. The van der Waals surface area contributed by atoms with Crippen LogP contribution in [0.4, 0.5) is 0 Å². The van der Waals surface area contributed by atoms with Gasteiger partial charge in [0, 0.05) is 19.5 Å². The maximum atomic E-state index is 4.33. The van der Waals surface area contributed by atoms with Crippen LogP contribution in [0, 0.1) is 12.8 Å². The summed E-state index contributed by atoms with van der Waals surface area (Å²) in [5.41, 5.74) is 0. The largest absolute Gasteiger partial charge is 0.313 e. The predicted molar refractivity (Wildman–Crippen MR) is 57.7 cm³/mol. The molecule has 82 valence electrons. The van der Waals surface area contributed by atoms with Crippen LogP contribution < -0.4 is 5.32 Å². The Hall–Kier alpha value is -0.900. The molecule has 0 spiro atoms. The van der Waals surface area contributed by atoms with Crippen molar-refractivity contribution < 1.29 is 0 Å². The molecular formula is C11H18N4. The standard InChI is InChI=1S/C11H18N4/c1-8-13-14-11(5-9-3-2-4-9)15(8)10-6-12-7-10/h9-10,12H,2-7H2,1H3. The van der Waals surface area contributed by atoms with Crippen molar-refractivity contribution in [3.63, 3.8) is 0 Å². The molecule has 4 nitrogen and oxygen atoms in total. The summed E-state index contributed by atoms with van der Waals surface area (Å²) in [6.07, 6.45) is 5.31. The topological polar surface area (TPSA) is 42.7 Å². The van der Waals surface area contributed by atoms with Crippen molar-refractivity contribution in [2.24, 2.45) is 5.92 Å². The summed E-state index contributed by atoms with van der Waals surface area (Å²) in [5, 5.41) is 11.9. The quantitative estimate of drug-likeness (QED) is 0.804. The van der Waals surface area contributed by atoms with Gasteiger partial charge in [-0.15, -0.1) is 10.2 Å². The van der Waals surface area contributed by atoms with Crippen molar-refractivity contribution in [3.05, 3.63) is 11.6 Å². The van der Waals surface area contributed by atoms with Gasteiger partial charge in [0.2, 0.25) is 0 Å². The van der Waals surface area contributed by atoms with E-state index in [2.05, 4.69) is 27.0 Å². The Kier molecular flexibility index (Phi) is 2.24. The summed E-state index contributed by atoms with van der Waals surface area (Å²) in [6.45, 7) is 4.22. The van der Waals surface area contributed by atoms with Crippen LogP contribution >= 0.6 is 0 Å². The zero-order valence-electron chi connectivity index (χ0n) is 9.24. The van der Waals surface area contributed by atoms with E-state index < -0.39 is 0 Å². The van der Waals surface area contributed by atoms with Crippen molar-refractivity contribution in [2.45, 2.75) is 38.6 Å². The average Bonchev–Trinajstić information content (AvgIpc) is 2.40. The minimum absolute atomic E-state index is 0.607. The van der Waals surface area contributed by atoms with E-state index in [0.29, 0.717) is 6.04 Å². The van der Waals surface area contributed by atoms with Crippen LogP contribution in [0.2, 0.25) is 0 Å². The van der Waals surface area contributed by atoms with Crippen LogP contribution in [-0.2, 0) is 6.42 Å². The van der Waals surface area contributed by atoms with Gasteiger partial charge in [-0.05, 0) is 12.8 Å². The molecule has 1 N–H and O–H groups in total. The molecule has 15 heavy (non-hydrogen) atoms. The van der Waals surface area contributed by atoms with Gasteiger partial charge in [0.15, 0.2) is 0 Å². The Morgan fingerprint density at radius 2 is 2.13 bits per heavy atom. The van der Waals surface area contributed by atoms with Crippen molar-refractivity contribution in [1.29, 1.82) is 0 Å². The van der Waals surface area contributed by atoms with Crippen molar-refractivity contribution in [2.75, 3.05) is 13.1 Å². The van der Waals surface area contributed by atoms with Crippen molar-refractivity contribution in [1.82, 2.24) is 20.1 Å². The molecule has 1 saturated carbocycles. The zero-order chi connectivity index (χ0) is 10.3. The Balaban J connectivity index is 1.79. The highest BCUT2D eigenvalue weighted by Crippen LogP contribution is 2.30. The summed E-state index contributed by atoms with van der Waals surface area (Å²) < 4.78 is 2.34. The van der Waals surface area contributed by atoms with Gasteiger partial charge < -0.3 is 9.88 Å². The zero-order valence-corrected chi connectivity index (χ0v) is 9.24. The first-order chi connectivity index (χ1) is 7.34. The smallest absolute Gasteiger partial charge is 0.133 e. The number of hydrogen-bond donors (Lipinski definition) is 1. The third-order valence-corrected chi connectivity index (χ3v) is 3.76. The molecule has 3 rings (SSSR count). The van der Waals surface area contributed by atoms with Crippen LogP contribution in [0.3, 0.4) is 0 Å². The SMILES string of the molecule is Cc1nnc(CC2CCC2)n1C1CNC1. The second kappa shape index (κ2) is 3.59. The highest BCUT2D eigenvalue weighted by atomic mass is 15.3. The summed E-state index contributed by atoms with van der Waals surface area (Å²) in [4.78, 5) is 0. The molecule has 0 atom stereocenters. The lowest BCUT2D eigenvalue weighted by molar-refractivity contribution is 0.286. The first-order valence-electron chi connectivity index (χ1n) is 5.95. The first kappa shape index (κ1) is 9.33. The average molecular weight is 206 g/mol. The van der Waals surface area contributed by atoms with Crippen LogP contribution in [0.5, 0.6) is 0 Å². The lowest BCUT2D eigenvalue weighted by Crippen LogP contribution is -2.44. The van der Waals surface area contributed by atoms with Gasteiger partial charge in [-0.2, -0.15) is 0 Å². The third-order valence-electron chi connectivity index (χ3n) is 3.76. The molecule has 1 aliphatic carbocycles. The first-order valence-corrected chi connectivity index (χ1v) is 5.95. The fourth-order valence-corrected chi connectivity index (χ4v) is 2.44.